The monoisotopic (exact) mass is 268 g/mol. The van der Waals surface area contributed by atoms with Gasteiger partial charge in [-0.25, -0.2) is 0 Å². The van der Waals surface area contributed by atoms with E-state index in [4.69, 9.17) is 0 Å². The quantitative estimate of drug-likeness (QED) is 0.673. The fourth-order valence-corrected chi connectivity index (χ4v) is 1.80. The number of H-pyrrole nitrogens is 2. The maximum atomic E-state index is 12.0. The SMILES string of the molecule is Cc1nc(NC(=O)c2ccc(-c3cn[nH]c3)cc2)n[nH]1. The minimum atomic E-state index is -0.247. The van der Waals surface area contributed by atoms with Crippen molar-refractivity contribution in [1.29, 1.82) is 0 Å². The minimum Gasteiger partial charge on any atom is -0.289 e. The molecule has 3 N–H and O–H groups in total. The molecule has 1 amide bonds. The first-order valence-electron chi connectivity index (χ1n) is 6.02. The number of nitrogens with zero attached hydrogens (tertiary/aromatic N) is 3. The van der Waals surface area contributed by atoms with Gasteiger partial charge in [-0.15, -0.1) is 5.10 Å². The van der Waals surface area contributed by atoms with Crippen LogP contribution in [0.1, 0.15) is 16.2 Å². The standard InChI is InChI=1S/C13H12N6O/c1-8-16-13(19-18-8)17-12(20)10-4-2-9(3-5-10)11-6-14-15-7-11/h2-7H,1H3,(H,14,15)(H2,16,17,18,19,20). The zero-order valence-corrected chi connectivity index (χ0v) is 10.7. The molecule has 3 rings (SSSR count). The average molecular weight is 268 g/mol. The molecule has 0 saturated carbocycles. The first-order valence-corrected chi connectivity index (χ1v) is 6.02. The molecule has 0 spiro atoms. The maximum Gasteiger partial charge on any atom is 0.258 e. The summed E-state index contributed by atoms with van der Waals surface area (Å²) in [5.41, 5.74) is 2.50. The predicted molar refractivity (Wildman–Crippen MR) is 73.1 cm³/mol. The summed E-state index contributed by atoms with van der Waals surface area (Å²) in [7, 11) is 0. The van der Waals surface area contributed by atoms with Gasteiger partial charge in [-0.1, -0.05) is 12.1 Å². The Morgan fingerprint density at radius 3 is 2.60 bits per heavy atom. The van der Waals surface area contributed by atoms with E-state index in [9.17, 15) is 4.79 Å². The summed E-state index contributed by atoms with van der Waals surface area (Å²) >= 11 is 0. The van der Waals surface area contributed by atoms with Crippen molar-refractivity contribution in [1.82, 2.24) is 25.4 Å². The Balaban J connectivity index is 1.75. The lowest BCUT2D eigenvalue weighted by atomic mass is 10.1. The molecule has 0 aliphatic rings. The normalized spacial score (nSPS) is 10.4. The number of amides is 1. The fourth-order valence-electron chi connectivity index (χ4n) is 1.80. The number of aryl methyl sites for hydroxylation is 1. The second-order valence-corrected chi connectivity index (χ2v) is 4.26. The van der Waals surface area contributed by atoms with Crippen LogP contribution in [0.2, 0.25) is 0 Å². The topological polar surface area (TPSA) is 99.3 Å². The Bertz CT molecular complexity index is 714. The van der Waals surface area contributed by atoms with Gasteiger partial charge in [0, 0.05) is 17.3 Å². The lowest BCUT2D eigenvalue weighted by Crippen LogP contribution is -2.12. The molecule has 0 saturated heterocycles. The zero-order chi connectivity index (χ0) is 13.9. The van der Waals surface area contributed by atoms with Crippen molar-refractivity contribution in [3.63, 3.8) is 0 Å². The zero-order valence-electron chi connectivity index (χ0n) is 10.7. The van der Waals surface area contributed by atoms with Crippen molar-refractivity contribution < 1.29 is 4.79 Å². The molecule has 2 aromatic heterocycles. The highest BCUT2D eigenvalue weighted by Gasteiger charge is 2.09. The Kier molecular flexibility index (Phi) is 3.00. The van der Waals surface area contributed by atoms with Crippen molar-refractivity contribution in [2.24, 2.45) is 0 Å². The van der Waals surface area contributed by atoms with Crippen LogP contribution < -0.4 is 5.32 Å². The van der Waals surface area contributed by atoms with Crippen LogP contribution in [0.5, 0.6) is 0 Å². The van der Waals surface area contributed by atoms with Crippen LogP contribution in [-0.2, 0) is 0 Å². The van der Waals surface area contributed by atoms with Crippen LogP contribution in [0.3, 0.4) is 0 Å². The van der Waals surface area contributed by atoms with Crippen LogP contribution in [0.15, 0.2) is 36.7 Å². The molecule has 7 nitrogen and oxygen atoms in total. The van der Waals surface area contributed by atoms with E-state index in [1.165, 1.54) is 0 Å². The van der Waals surface area contributed by atoms with Gasteiger partial charge in [0.1, 0.15) is 5.82 Å². The molecule has 7 heteroatoms. The number of nitrogens with one attached hydrogen (secondary N) is 3. The van der Waals surface area contributed by atoms with Crippen LogP contribution in [0, 0.1) is 6.92 Å². The van der Waals surface area contributed by atoms with Crippen LogP contribution in [0.25, 0.3) is 11.1 Å². The van der Waals surface area contributed by atoms with Crippen molar-refractivity contribution in [2.45, 2.75) is 6.92 Å². The molecule has 0 atom stereocenters. The van der Waals surface area contributed by atoms with E-state index in [1.54, 1.807) is 31.5 Å². The average Bonchev–Trinajstić information content (AvgIpc) is 3.11. The summed E-state index contributed by atoms with van der Waals surface area (Å²) in [6.07, 6.45) is 3.52. The predicted octanol–water partition coefficient (Wildman–Crippen LogP) is 1.76. The highest BCUT2D eigenvalue weighted by atomic mass is 16.1. The molecule has 0 aliphatic heterocycles. The highest BCUT2D eigenvalue weighted by Crippen LogP contribution is 2.18. The Morgan fingerprint density at radius 1 is 1.20 bits per heavy atom. The van der Waals surface area contributed by atoms with E-state index in [0.717, 1.165) is 11.1 Å². The first-order chi connectivity index (χ1) is 9.72. The molecular weight excluding hydrogens is 256 g/mol. The summed E-state index contributed by atoms with van der Waals surface area (Å²) in [6.45, 7) is 1.77. The van der Waals surface area contributed by atoms with Gasteiger partial charge in [0.05, 0.1) is 6.20 Å². The molecule has 20 heavy (non-hydrogen) atoms. The highest BCUT2D eigenvalue weighted by molar-refractivity contribution is 6.03. The molecule has 0 aliphatic carbocycles. The second kappa shape index (κ2) is 4.96. The van der Waals surface area contributed by atoms with E-state index < -0.39 is 0 Å². The Morgan fingerprint density at radius 2 is 2.00 bits per heavy atom. The van der Waals surface area contributed by atoms with Crippen LogP contribution in [-0.4, -0.2) is 31.3 Å². The summed E-state index contributed by atoms with van der Waals surface area (Å²) in [5.74, 6) is 0.671. The molecule has 2 heterocycles. The maximum absolute atomic E-state index is 12.0. The first kappa shape index (κ1) is 12.1. The van der Waals surface area contributed by atoms with E-state index in [0.29, 0.717) is 11.4 Å². The Labute approximate surface area is 114 Å². The van der Waals surface area contributed by atoms with E-state index in [-0.39, 0.29) is 11.9 Å². The van der Waals surface area contributed by atoms with E-state index in [1.807, 2.05) is 12.1 Å². The molecule has 1 aromatic carbocycles. The third-order valence-corrected chi connectivity index (χ3v) is 2.80. The van der Waals surface area contributed by atoms with Gasteiger partial charge in [-0.3, -0.25) is 20.3 Å². The largest absolute Gasteiger partial charge is 0.289 e. The summed E-state index contributed by atoms with van der Waals surface area (Å²) < 4.78 is 0. The number of benzene rings is 1. The third kappa shape index (κ3) is 2.41. The minimum absolute atomic E-state index is 0.247. The number of hydrogen-bond donors (Lipinski definition) is 3. The van der Waals surface area contributed by atoms with Crippen molar-refractivity contribution >= 4 is 11.9 Å². The van der Waals surface area contributed by atoms with Gasteiger partial charge < -0.3 is 0 Å². The van der Waals surface area contributed by atoms with Crippen molar-refractivity contribution in [3.8, 4) is 11.1 Å². The van der Waals surface area contributed by atoms with Crippen molar-refractivity contribution in [3.05, 3.63) is 48.0 Å². The van der Waals surface area contributed by atoms with Gasteiger partial charge in [-0.2, -0.15) is 10.1 Å². The molecule has 3 aromatic rings. The lowest BCUT2D eigenvalue weighted by Gasteiger charge is -2.02. The lowest BCUT2D eigenvalue weighted by molar-refractivity contribution is 0.102. The Hall–Kier alpha value is -2.96. The molecule has 0 radical (unpaired) electrons. The summed E-state index contributed by atoms with van der Waals surface area (Å²) in [4.78, 5) is 16.0. The number of hydrogen-bond acceptors (Lipinski definition) is 4. The van der Waals surface area contributed by atoms with Gasteiger partial charge in [-0.05, 0) is 24.6 Å². The van der Waals surface area contributed by atoms with E-state index in [2.05, 4.69) is 30.7 Å². The van der Waals surface area contributed by atoms with Crippen LogP contribution >= 0.6 is 0 Å². The van der Waals surface area contributed by atoms with E-state index >= 15 is 0 Å². The number of carbonyl (C=O) groups is 1. The second-order valence-electron chi connectivity index (χ2n) is 4.26. The number of aromatic nitrogens is 5. The van der Waals surface area contributed by atoms with Gasteiger partial charge in [0.15, 0.2) is 0 Å². The van der Waals surface area contributed by atoms with Crippen molar-refractivity contribution in [2.75, 3.05) is 5.32 Å². The van der Waals surface area contributed by atoms with Gasteiger partial charge in [0.25, 0.3) is 5.91 Å². The molecular formula is C13H12N6O. The number of carbonyl (C=O) groups excluding carboxylic acids is 1. The summed E-state index contributed by atoms with van der Waals surface area (Å²) in [5, 5.41) is 15.8. The molecule has 100 valence electrons. The van der Waals surface area contributed by atoms with Crippen LogP contribution in [0.4, 0.5) is 5.95 Å². The smallest absolute Gasteiger partial charge is 0.258 e. The molecule has 0 unspecified atom stereocenters. The van der Waals surface area contributed by atoms with Gasteiger partial charge >= 0.3 is 0 Å². The number of anilines is 1. The molecule has 0 bridgehead atoms. The van der Waals surface area contributed by atoms with Gasteiger partial charge in [0.2, 0.25) is 5.95 Å². The number of aromatic amines is 2. The third-order valence-electron chi connectivity index (χ3n) is 2.80. The summed E-state index contributed by atoms with van der Waals surface area (Å²) in [6, 6.07) is 7.22. The molecule has 0 fully saturated rings. The fraction of sp³-hybridized carbons (Fsp3) is 0.0769. The number of rotatable bonds is 3.